The Labute approximate surface area is 66.3 Å². The average molecular weight is 147 g/mol. The second kappa shape index (κ2) is 0.834. The SMILES string of the molecule is CC12C3C4C1C1C2C3C41CN. The van der Waals surface area contributed by atoms with Crippen molar-refractivity contribution in [2.24, 2.45) is 52.1 Å². The van der Waals surface area contributed by atoms with E-state index in [1.807, 2.05) is 0 Å². The summed E-state index contributed by atoms with van der Waals surface area (Å²) in [7, 11) is 0. The highest BCUT2D eigenvalue weighted by Crippen LogP contribution is 3.09. The molecule has 6 saturated carbocycles. The fourth-order valence-corrected chi connectivity index (χ4v) is 6.70. The van der Waals surface area contributed by atoms with Crippen molar-refractivity contribution in [3.05, 3.63) is 0 Å². The lowest BCUT2D eigenvalue weighted by Gasteiger charge is -3.11. The van der Waals surface area contributed by atoms with Crippen LogP contribution in [-0.2, 0) is 0 Å². The Morgan fingerprint density at radius 3 is 1.82 bits per heavy atom. The quantitative estimate of drug-likeness (QED) is 0.580. The molecule has 0 aliphatic heterocycles. The maximum absolute atomic E-state index is 5.87. The van der Waals surface area contributed by atoms with Crippen LogP contribution in [0.3, 0.4) is 0 Å². The van der Waals surface area contributed by atoms with Crippen molar-refractivity contribution >= 4 is 0 Å². The smallest absolute Gasteiger partial charge is 0.00119 e. The predicted octanol–water partition coefficient (Wildman–Crippen LogP) is 0.703. The molecule has 0 radical (unpaired) electrons. The van der Waals surface area contributed by atoms with Crippen LogP contribution < -0.4 is 5.73 Å². The van der Waals surface area contributed by atoms with Gasteiger partial charge in [-0.05, 0) is 52.9 Å². The second-order valence-electron chi connectivity index (χ2n) is 5.84. The van der Waals surface area contributed by atoms with E-state index in [0.717, 1.165) is 35.1 Å². The highest BCUT2D eigenvalue weighted by Gasteiger charge is 3.07. The normalized spacial score (nSPS) is 95.5. The molecule has 0 heterocycles. The van der Waals surface area contributed by atoms with Gasteiger partial charge in [-0.3, -0.25) is 0 Å². The first-order chi connectivity index (χ1) is 5.29. The average Bonchev–Trinajstić information content (AvgIpc) is 2.06. The molecule has 0 aromatic carbocycles. The summed E-state index contributed by atoms with van der Waals surface area (Å²) in [5, 5.41) is 0. The van der Waals surface area contributed by atoms with Gasteiger partial charge in [0.1, 0.15) is 0 Å². The van der Waals surface area contributed by atoms with Crippen molar-refractivity contribution in [3.8, 4) is 0 Å². The van der Waals surface area contributed by atoms with E-state index in [2.05, 4.69) is 6.92 Å². The number of nitrogens with two attached hydrogens (primary N) is 1. The Bertz CT molecular complexity index is 252. The highest BCUT2D eigenvalue weighted by atomic mass is 15.1. The van der Waals surface area contributed by atoms with Crippen LogP contribution in [0.5, 0.6) is 0 Å². The molecule has 6 fully saturated rings. The van der Waals surface area contributed by atoms with Gasteiger partial charge in [0.15, 0.2) is 0 Å². The fraction of sp³-hybridized carbons (Fsp3) is 1.00. The van der Waals surface area contributed by atoms with Crippen LogP contribution in [0.4, 0.5) is 0 Å². The molecule has 1 heteroatoms. The van der Waals surface area contributed by atoms with Crippen LogP contribution >= 0.6 is 0 Å². The highest BCUT2D eigenvalue weighted by molar-refractivity contribution is 5.54. The van der Waals surface area contributed by atoms with Gasteiger partial charge in [0.25, 0.3) is 0 Å². The summed E-state index contributed by atoms with van der Waals surface area (Å²) < 4.78 is 0. The molecule has 0 bridgehead atoms. The Kier molecular flexibility index (Phi) is 0.368. The molecule has 58 valence electrons. The summed E-state index contributed by atoms with van der Waals surface area (Å²) in [6.07, 6.45) is 0. The van der Waals surface area contributed by atoms with Gasteiger partial charge in [0.2, 0.25) is 0 Å². The number of rotatable bonds is 1. The van der Waals surface area contributed by atoms with E-state index < -0.39 is 0 Å². The molecule has 0 atom stereocenters. The molecular weight excluding hydrogens is 134 g/mol. The molecular formula is C10H13N. The molecule has 0 amide bonds. The van der Waals surface area contributed by atoms with E-state index in [0.29, 0.717) is 0 Å². The summed E-state index contributed by atoms with van der Waals surface area (Å²) >= 11 is 0. The Morgan fingerprint density at radius 1 is 1.00 bits per heavy atom. The summed E-state index contributed by atoms with van der Waals surface area (Å²) in [5.74, 6) is 6.93. The maximum Gasteiger partial charge on any atom is -0.00119 e. The van der Waals surface area contributed by atoms with Crippen LogP contribution in [0, 0.1) is 46.3 Å². The topological polar surface area (TPSA) is 26.0 Å². The first-order valence-corrected chi connectivity index (χ1v) is 4.99. The van der Waals surface area contributed by atoms with Crippen LogP contribution in [0.25, 0.3) is 0 Å². The van der Waals surface area contributed by atoms with E-state index in [1.54, 1.807) is 0 Å². The van der Waals surface area contributed by atoms with Crippen LogP contribution in [0.15, 0.2) is 0 Å². The first kappa shape index (κ1) is 4.86. The standard InChI is InChI=1S/C10H13N/c1-9-3-6-4(9)8-5(9)7(3)10(6,8)2-11/h3-8H,2,11H2,1H3. The maximum atomic E-state index is 5.87. The van der Waals surface area contributed by atoms with Gasteiger partial charge in [-0.15, -0.1) is 0 Å². The van der Waals surface area contributed by atoms with Crippen LogP contribution in [0.2, 0.25) is 0 Å². The molecule has 6 aliphatic carbocycles. The van der Waals surface area contributed by atoms with Crippen LogP contribution in [-0.4, -0.2) is 6.54 Å². The fourth-order valence-electron chi connectivity index (χ4n) is 6.70. The monoisotopic (exact) mass is 147 g/mol. The van der Waals surface area contributed by atoms with Crippen molar-refractivity contribution < 1.29 is 0 Å². The zero-order chi connectivity index (χ0) is 7.17. The molecule has 0 aromatic heterocycles. The number of hydrogen-bond acceptors (Lipinski definition) is 1. The van der Waals surface area contributed by atoms with Gasteiger partial charge in [0, 0.05) is 0 Å². The molecule has 0 spiro atoms. The van der Waals surface area contributed by atoms with Crippen molar-refractivity contribution in [1.29, 1.82) is 0 Å². The molecule has 11 heavy (non-hydrogen) atoms. The van der Waals surface area contributed by atoms with Gasteiger partial charge >= 0.3 is 0 Å². The molecule has 2 N–H and O–H groups in total. The van der Waals surface area contributed by atoms with Crippen LogP contribution in [0.1, 0.15) is 6.92 Å². The molecule has 1 nitrogen and oxygen atoms in total. The summed E-state index contributed by atoms with van der Waals surface area (Å²) in [4.78, 5) is 0. The minimum absolute atomic E-state index is 0.762. The van der Waals surface area contributed by atoms with Crippen molar-refractivity contribution in [1.82, 2.24) is 0 Å². The van der Waals surface area contributed by atoms with E-state index in [1.165, 1.54) is 17.8 Å². The minimum Gasteiger partial charge on any atom is -0.330 e. The van der Waals surface area contributed by atoms with Gasteiger partial charge in [-0.1, -0.05) is 6.92 Å². The molecule has 0 aromatic rings. The lowest BCUT2D eigenvalue weighted by Crippen LogP contribution is -3.10. The largest absolute Gasteiger partial charge is 0.330 e. The Morgan fingerprint density at radius 2 is 1.45 bits per heavy atom. The Balaban J connectivity index is 1.76. The summed E-state index contributed by atoms with van der Waals surface area (Å²) in [6, 6.07) is 0. The first-order valence-electron chi connectivity index (χ1n) is 4.99. The van der Waals surface area contributed by atoms with E-state index in [-0.39, 0.29) is 0 Å². The van der Waals surface area contributed by atoms with E-state index in [9.17, 15) is 0 Å². The van der Waals surface area contributed by atoms with Crippen molar-refractivity contribution in [2.45, 2.75) is 6.92 Å². The zero-order valence-corrected chi connectivity index (χ0v) is 6.75. The molecule has 6 aliphatic rings. The second-order valence-corrected chi connectivity index (χ2v) is 5.84. The van der Waals surface area contributed by atoms with Crippen molar-refractivity contribution in [3.63, 3.8) is 0 Å². The summed E-state index contributed by atoms with van der Waals surface area (Å²) in [6.45, 7) is 3.56. The predicted molar refractivity (Wildman–Crippen MR) is 40.5 cm³/mol. The van der Waals surface area contributed by atoms with E-state index >= 15 is 0 Å². The van der Waals surface area contributed by atoms with Gasteiger partial charge in [0.05, 0.1) is 0 Å². The number of hydrogen-bond donors (Lipinski definition) is 1. The van der Waals surface area contributed by atoms with Gasteiger partial charge in [-0.25, -0.2) is 0 Å². The lowest BCUT2D eigenvalue weighted by atomic mass is 8.92. The minimum atomic E-state index is 0.762. The molecule has 0 saturated heterocycles. The van der Waals surface area contributed by atoms with Gasteiger partial charge < -0.3 is 5.73 Å². The molecule has 0 unspecified atom stereocenters. The van der Waals surface area contributed by atoms with Gasteiger partial charge in [-0.2, -0.15) is 0 Å². The van der Waals surface area contributed by atoms with E-state index in [4.69, 9.17) is 5.73 Å². The third-order valence-electron chi connectivity index (χ3n) is 6.69. The Hall–Kier alpha value is -0.0400. The lowest BCUT2D eigenvalue weighted by molar-refractivity contribution is -0.650. The van der Waals surface area contributed by atoms with Crippen molar-refractivity contribution in [2.75, 3.05) is 6.54 Å². The zero-order valence-electron chi connectivity index (χ0n) is 6.75. The summed E-state index contributed by atoms with van der Waals surface area (Å²) in [5.41, 5.74) is 7.52. The molecule has 6 rings (SSSR count). The third kappa shape index (κ3) is 0.159. The third-order valence-corrected chi connectivity index (χ3v) is 6.69.